The van der Waals surface area contributed by atoms with Crippen molar-refractivity contribution in [2.24, 2.45) is 10.7 Å². The third kappa shape index (κ3) is 13.0. The van der Waals surface area contributed by atoms with Gasteiger partial charge in [0, 0.05) is 25.8 Å². The van der Waals surface area contributed by atoms with Crippen LogP contribution < -0.4 is 15.8 Å². The predicted molar refractivity (Wildman–Crippen MR) is 82.5 cm³/mol. The largest absolute Gasteiger partial charge is 0.513 e. The number of hydrogen-bond donors (Lipinski definition) is 4. The average molecular weight is 318 g/mol. The number of aliphatic hydroxyl groups is 1. The van der Waals surface area contributed by atoms with E-state index in [1.165, 1.54) is 7.11 Å². The lowest BCUT2D eigenvalue weighted by Gasteiger charge is -2.08. The summed E-state index contributed by atoms with van der Waals surface area (Å²) < 4.78 is 7.66. The summed E-state index contributed by atoms with van der Waals surface area (Å²) in [6.45, 7) is 3.53. The van der Waals surface area contributed by atoms with Crippen LogP contribution in [-0.4, -0.2) is 43.0 Å². The van der Waals surface area contributed by atoms with Crippen LogP contribution in [0.5, 0.6) is 0 Å². The Morgan fingerprint density at radius 1 is 1.38 bits per heavy atom. The van der Waals surface area contributed by atoms with Crippen molar-refractivity contribution < 1.29 is 18.9 Å². The molecule has 0 aromatic heterocycles. The second-order valence-corrected chi connectivity index (χ2v) is 4.81. The van der Waals surface area contributed by atoms with E-state index in [2.05, 4.69) is 21.6 Å². The van der Waals surface area contributed by atoms with Crippen LogP contribution in [0, 0.1) is 0 Å². The Labute approximate surface area is 128 Å². The fourth-order valence-electron chi connectivity index (χ4n) is 1.26. The molecule has 0 aliphatic heterocycles. The van der Waals surface area contributed by atoms with Crippen molar-refractivity contribution in [2.45, 2.75) is 25.7 Å². The van der Waals surface area contributed by atoms with E-state index < -0.39 is 5.91 Å². The number of nitrogens with one attached hydrogen (secondary N) is 2. The van der Waals surface area contributed by atoms with Crippen LogP contribution in [0.4, 0.5) is 0 Å². The van der Waals surface area contributed by atoms with E-state index >= 15 is 0 Å². The SMILES string of the molecule is C=C(O)CCCC(=NCC(=O)NCCC(N)=O)NSOC. The number of primary amides is 1. The average Bonchev–Trinajstić information content (AvgIpc) is 2.40. The van der Waals surface area contributed by atoms with Crippen LogP contribution in [-0.2, 0) is 13.8 Å². The summed E-state index contributed by atoms with van der Waals surface area (Å²) in [7, 11) is 1.50. The standard InChI is InChI=1S/C12H22N4O4S/c1-9(17)4-3-5-11(16-21-20-2)15-8-12(19)14-7-6-10(13)18/h17H,1,3-8H2,2H3,(H2,13,18)(H,14,19)(H,15,16). The maximum absolute atomic E-state index is 11.5. The number of aliphatic imine (C=N–C) groups is 1. The zero-order valence-corrected chi connectivity index (χ0v) is 12.9. The molecule has 0 aromatic carbocycles. The van der Waals surface area contributed by atoms with E-state index in [9.17, 15) is 9.59 Å². The second kappa shape index (κ2) is 12.0. The summed E-state index contributed by atoms with van der Waals surface area (Å²) in [5.41, 5.74) is 4.96. The van der Waals surface area contributed by atoms with Gasteiger partial charge in [-0.2, -0.15) is 0 Å². The minimum Gasteiger partial charge on any atom is -0.513 e. The zero-order chi connectivity index (χ0) is 16.1. The van der Waals surface area contributed by atoms with Gasteiger partial charge in [0.2, 0.25) is 11.8 Å². The summed E-state index contributed by atoms with van der Waals surface area (Å²) in [5, 5.41) is 11.5. The highest BCUT2D eigenvalue weighted by Crippen LogP contribution is 2.04. The van der Waals surface area contributed by atoms with E-state index in [1.807, 2.05) is 0 Å². The van der Waals surface area contributed by atoms with Crippen molar-refractivity contribution in [1.82, 2.24) is 10.0 Å². The molecular formula is C12H22N4O4S. The number of nitrogens with zero attached hydrogens (tertiary/aromatic N) is 1. The molecule has 0 spiro atoms. The zero-order valence-electron chi connectivity index (χ0n) is 12.1. The molecule has 0 radical (unpaired) electrons. The van der Waals surface area contributed by atoms with Gasteiger partial charge in [-0.25, -0.2) is 0 Å². The smallest absolute Gasteiger partial charge is 0.241 e. The number of allylic oxidation sites excluding steroid dienone is 1. The number of carbonyl (C=O) groups is 2. The molecule has 0 unspecified atom stereocenters. The van der Waals surface area contributed by atoms with E-state index in [-0.39, 0.29) is 31.2 Å². The Bertz CT molecular complexity index is 387. The number of amidine groups is 1. The molecule has 0 saturated heterocycles. The fourth-order valence-corrected chi connectivity index (χ4v) is 1.61. The quantitative estimate of drug-likeness (QED) is 0.144. The molecule has 0 saturated carbocycles. The monoisotopic (exact) mass is 318 g/mol. The van der Waals surface area contributed by atoms with Gasteiger partial charge < -0.3 is 20.3 Å². The molecular weight excluding hydrogens is 296 g/mol. The lowest BCUT2D eigenvalue weighted by Crippen LogP contribution is -2.30. The Morgan fingerprint density at radius 3 is 2.67 bits per heavy atom. The molecule has 0 heterocycles. The Balaban J connectivity index is 4.16. The van der Waals surface area contributed by atoms with E-state index in [4.69, 9.17) is 15.0 Å². The van der Waals surface area contributed by atoms with Gasteiger partial charge in [0.15, 0.2) is 0 Å². The lowest BCUT2D eigenvalue weighted by atomic mass is 10.2. The number of rotatable bonds is 11. The highest BCUT2D eigenvalue weighted by Gasteiger charge is 2.04. The highest BCUT2D eigenvalue weighted by atomic mass is 32.2. The maximum atomic E-state index is 11.5. The molecule has 0 bridgehead atoms. The molecule has 8 nitrogen and oxygen atoms in total. The van der Waals surface area contributed by atoms with Crippen LogP contribution in [0.3, 0.4) is 0 Å². The van der Waals surface area contributed by atoms with Crippen molar-refractivity contribution in [2.75, 3.05) is 20.2 Å². The predicted octanol–water partition coefficient (Wildman–Crippen LogP) is 0.418. The second-order valence-electron chi connectivity index (χ2n) is 4.10. The van der Waals surface area contributed by atoms with E-state index in [0.29, 0.717) is 25.1 Å². The van der Waals surface area contributed by atoms with Crippen LogP contribution >= 0.6 is 12.2 Å². The van der Waals surface area contributed by atoms with Crippen LogP contribution in [0.1, 0.15) is 25.7 Å². The molecule has 9 heteroatoms. The topological polar surface area (TPSA) is 126 Å². The van der Waals surface area contributed by atoms with Crippen LogP contribution in [0.2, 0.25) is 0 Å². The van der Waals surface area contributed by atoms with Crippen LogP contribution in [0.25, 0.3) is 0 Å². The molecule has 120 valence electrons. The van der Waals surface area contributed by atoms with E-state index in [1.54, 1.807) is 0 Å². The highest BCUT2D eigenvalue weighted by molar-refractivity contribution is 7.93. The maximum Gasteiger partial charge on any atom is 0.241 e. The summed E-state index contributed by atoms with van der Waals surface area (Å²) in [4.78, 5) is 26.1. The first-order chi connectivity index (χ1) is 9.95. The van der Waals surface area contributed by atoms with Gasteiger partial charge in [-0.15, -0.1) is 0 Å². The number of nitrogens with two attached hydrogens (primary N) is 1. The molecule has 2 amide bonds. The molecule has 0 rings (SSSR count). The van der Waals surface area contributed by atoms with Crippen molar-refractivity contribution in [1.29, 1.82) is 0 Å². The molecule has 0 aromatic rings. The molecule has 0 aliphatic rings. The first-order valence-corrected chi connectivity index (χ1v) is 7.10. The number of amides is 2. The fraction of sp³-hybridized carbons (Fsp3) is 0.583. The molecule has 5 N–H and O–H groups in total. The van der Waals surface area contributed by atoms with Gasteiger partial charge >= 0.3 is 0 Å². The van der Waals surface area contributed by atoms with Crippen molar-refractivity contribution in [3.63, 3.8) is 0 Å². The molecule has 0 atom stereocenters. The lowest BCUT2D eigenvalue weighted by molar-refractivity contribution is -0.120. The van der Waals surface area contributed by atoms with Crippen molar-refractivity contribution >= 4 is 29.9 Å². The molecule has 0 fully saturated rings. The van der Waals surface area contributed by atoms with Crippen molar-refractivity contribution in [3.8, 4) is 0 Å². The van der Waals surface area contributed by atoms with Gasteiger partial charge in [0.1, 0.15) is 24.6 Å². The van der Waals surface area contributed by atoms with Gasteiger partial charge in [0.25, 0.3) is 0 Å². The summed E-state index contributed by atoms with van der Waals surface area (Å²) in [6, 6.07) is 0. The van der Waals surface area contributed by atoms with Gasteiger partial charge in [-0.05, 0) is 6.42 Å². The summed E-state index contributed by atoms with van der Waals surface area (Å²) in [5.74, 6) is -0.0856. The van der Waals surface area contributed by atoms with E-state index in [0.717, 1.165) is 12.2 Å². The van der Waals surface area contributed by atoms with Crippen molar-refractivity contribution in [3.05, 3.63) is 12.3 Å². The number of aliphatic hydroxyl groups excluding tert-OH is 1. The molecule has 0 aliphatic carbocycles. The Kier molecular flexibility index (Phi) is 11.0. The first kappa shape index (κ1) is 19.3. The first-order valence-electron chi connectivity index (χ1n) is 6.36. The number of hydrogen-bond acceptors (Lipinski definition) is 6. The Hall–Kier alpha value is -1.74. The summed E-state index contributed by atoms with van der Waals surface area (Å²) in [6.07, 6.45) is 1.75. The normalized spacial score (nSPS) is 11.0. The minimum atomic E-state index is -0.470. The number of carbonyl (C=O) groups excluding carboxylic acids is 2. The van der Waals surface area contributed by atoms with Crippen LogP contribution in [0.15, 0.2) is 17.3 Å². The van der Waals surface area contributed by atoms with Gasteiger partial charge in [-0.3, -0.25) is 19.3 Å². The molecule has 21 heavy (non-hydrogen) atoms. The minimum absolute atomic E-state index is 0.0640. The van der Waals surface area contributed by atoms with Gasteiger partial charge in [-0.1, -0.05) is 6.58 Å². The Morgan fingerprint density at radius 2 is 2.10 bits per heavy atom. The third-order valence-electron chi connectivity index (χ3n) is 2.23. The third-order valence-corrected chi connectivity index (χ3v) is 2.71. The summed E-state index contributed by atoms with van der Waals surface area (Å²) >= 11 is 0.990. The van der Waals surface area contributed by atoms with Gasteiger partial charge in [0.05, 0.1) is 12.9 Å².